The van der Waals surface area contributed by atoms with Crippen LogP contribution in [-0.4, -0.2) is 71.4 Å². The number of piperazine rings is 1. The van der Waals surface area contributed by atoms with E-state index < -0.39 is 12.0 Å². The minimum absolute atomic E-state index is 0.166. The maximum Gasteiger partial charge on any atom is 0.319 e. The number of alkyl halides is 1. The van der Waals surface area contributed by atoms with Gasteiger partial charge in [-0.15, -0.1) is 11.3 Å². The van der Waals surface area contributed by atoms with Gasteiger partial charge in [0.15, 0.2) is 0 Å². The van der Waals surface area contributed by atoms with Gasteiger partial charge in [-0.1, -0.05) is 29.3 Å². The van der Waals surface area contributed by atoms with Crippen molar-refractivity contribution in [2.24, 2.45) is 0 Å². The molecule has 4 aromatic rings. The first kappa shape index (κ1) is 28.5. The Morgan fingerprint density at radius 3 is 2.77 bits per heavy atom. The highest BCUT2D eigenvalue weighted by Crippen LogP contribution is 2.48. The lowest BCUT2D eigenvalue weighted by Crippen LogP contribution is -2.51. The Labute approximate surface area is 266 Å². The molecule has 2 unspecified atom stereocenters. The third kappa shape index (κ3) is 4.41. The third-order valence-electron chi connectivity index (χ3n) is 9.79. The van der Waals surface area contributed by atoms with Crippen LogP contribution in [-0.2, 0) is 0 Å². The van der Waals surface area contributed by atoms with E-state index in [1.165, 1.54) is 6.07 Å². The zero-order chi connectivity index (χ0) is 30.3. The summed E-state index contributed by atoms with van der Waals surface area (Å²) in [6.45, 7) is 3.09. The number of halogens is 4. The lowest BCUT2D eigenvalue weighted by atomic mass is 9.95. The summed E-state index contributed by atoms with van der Waals surface area (Å²) >= 11 is 15.2. The number of thiophene rings is 1. The Balaban J connectivity index is 1.29. The fraction of sp³-hybridized carbons (Fsp3) is 0.452. The van der Waals surface area contributed by atoms with Gasteiger partial charge in [-0.2, -0.15) is 15.2 Å². The molecule has 6 heterocycles. The third-order valence-corrected chi connectivity index (χ3v) is 11.5. The standard InChI is InChI=1S/C31H29Cl2F2N7OS/c32-21-8-19-26(25(33)24(21)18-4-5-22(35)27-23(18)20(10-36)28(37)44-27)39-30(40-29(19)41-12-16-2-3-17(13-41)38-16)43-14-31-6-1-7-42(31)11-15(34)9-31/h4-5,8,15-17,38H,1-3,6-7,9,11-14,37H2/t15-,16?,17?,31+/m1/s1. The highest BCUT2D eigenvalue weighted by atomic mass is 35.5. The van der Waals surface area contributed by atoms with Crippen molar-refractivity contribution < 1.29 is 13.5 Å². The van der Waals surface area contributed by atoms with Crippen LogP contribution in [0.3, 0.4) is 0 Å². The molecular formula is C31H29Cl2F2N7OS. The number of nitrogen functional groups attached to an aromatic ring is 1. The smallest absolute Gasteiger partial charge is 0.319 e. The van der Waals surface area contributed by atoms with Crippen LogP contribution in [0.2, 0.25) is 10.0 Å². The van der Waals surface area contributed by atoms with Crippen molar-refractivity contribution in [3.63, 3.8) is 0 Å². The first-order chi connectivity index (χ1) is 21.2. The fourth-order valence-corrected chi connectivity index (χ4v) is 9.49. The predicted octanol–water partition coefficient (Wildman–Crippen LogP) is 6.31. The van der Waals surface area contributed by atoms with E-state index in [-0.39, 0.29) is 38.4 Å². The highest BCUT2D eigenvalue weighted by Gasteiger charge is 2.49. The molecule has 44 heavy (non-hydrogen) atoms. The molecule has 4 aliphatic rings. The topological polar surface area (TPSA) is 103 Å². The Kier molecular flexibility index (Phi) is 6.81. The molecule has 2 aromatic carbocycles. The summed E-state index contributed by atoms with van der Waals surface area (Å²) in [5.74, 6) is 0.197. The quantitative estimate of drug-likeness (QED) is 0.258. The van der Waals surface area contributed by atoms with Gasteiger partial charge in [0.1, 0.15) is 35.5 Å². The maximum absolute atomic E-state index is 14.9. The Morgan fingerprint density at radius 2 is 2.00 bits per heavy atom. The maximum atomic E-state index is 14.9. The number of rotatable bonds is 5. The monoisotopic (exact) mass is 655 g/mol. The number of anilines is 2. The molecule has 8 nitrogen and oxygen atoms in total. The summed E-state index contributed by atoms with van der Waals surface area (Å²) in [5, 5.41) is 15.4. The van der Waals surface area contributed by atoms with E-state index >= 15 is 0 Å². The van der Waals surface area contributed by atoms with E-state index in [9.17, 15) is 14.0 Å². The van der Waals surface area contributed by atoms with Crippen molar-refractivity contribution in [3.8, 4) is 23.2 Å². The van der Waals surface area contributed by atoms with Crippen molar-refractivity contribution in [1.29, 1.82) is 5.26 Å². The molecule has 4 aliphatic heterocycles. The number of nitrogens with zero attached hydrogens (tertiary/aromatic N) is 5. The van der Waals surface area contributed by atoms with Crippen LogP contribution < -0.4 is 20.7 Å². The van der Waals surface area contributed by atoms with Crippen molar-refractivity contribution >= 4 is 66.3 Å². The number of fused-ring (bicyclic) bond motifs is 5. The van der Waals surface area contributed by atoms with Crippen molar-refractivity contribution in [3.05, 3.63) is 39.6 Å². The van der Waals surface area contributed by atoms with Crippen LogP contribution >= 0.6 is 34.5 Å². The zero-order valence-corrected chi connectivity index (χ0v) is 26.0. The minimum atomic E-state index is -0.876. The van der Waals surface area contributed by atoms with E-state index in [0.717, 1.165) is 56.7 Å². The number of hydrogen-bond donors (Lipinski definition) is 2. The van der Waals surface area contributed by atoms with E-state index in [1.807, 2.05) is 0 Å². The number of aromatic nitrogens is 2. The van der Waals surface area contributed by atoms with Crippen LogP contribution in [0.1, 0.15) is 37.7 Å². The number of nitrogens with one attached hydrogen (secondary N) is 1. The van der Waals surface area contributed by atoms with E-state index in [0.29, 0.717) is 63.3 Å². The van der Waals surface area contributed by atoms with Gasteiger partial charge in [0, 0.05) is 54.5 Å². The van der Waals surface area contributed by atoms with Crippen molar-refractivity contribution in [2.75, 3.05) is 43.4 Å². The number of hydrogen-bond acceptors (Lipinski definition) is 9. The summed E-state index contributed by atoms with van der Waals surface area (Å²) in [6.07, 6.45) is 3.60. The first-order valence-corrected chi connectivity index (χ1v) is 16.5. The number of nitrogens with two attached hydrogens (primary N) is 1. The SMILES string of the molecule is N#Cc1c(N)sc2c(F)ccc(-c3c(Cl)cc4c(N5CC6CCC(C5)N6)nc(OC[C@@]56CCCN5C[C@H](F)C6)nc4c3Cl)c12. The molecule has 0 aliphatic carbocycles. The second-order valence-electron chi connectivity index (χ2n) is 12.4. The number of ether oxygens (including phenoxy) is 1. The molecule has 2 aromatic heterocycles. The molecule has 0 saturated carbocycles. The molecule has 0 radical (unpaired) electrons. The van der Waals surface area contributed by atoms with Gasteiger partial charge in [-0.3, -0.25) is 4.90 Å². The van der Waals surface area contributed by atoms with E-state index in [1.54, 1.807) is 12.1 Å². The van der Waals surface area contributed by atoms with Crippen molar-refractivity contribution in [2.45, 2.75) is 55.9 Å². The average Bonchev–Trinajstić information content (AvgIpc) is 3.73. The summed E-state index contributed by atoms with van der Waals surface area (Å²) < 4.78 is 36.0. The van der Waals surface area contributed by atoms with Gasteiger partial charge in [0.05, 0.1) is 31.4 Å². The molecule has 4 atom stereocenters. The number of nitriles is 1. The predicted molar refractivity (Wildman–Crippen MR) is 170 cm³/mol. The summed E-state index contributed by atoms with van der Waals surface area (Å²) in [5.41, 5.74) is 7.28. The first-order valence-electron chi connectivity index (χ1n) is 14.9. The van der Waals surface area contributed by atoms with Crippen LogP contribution in [0.15, 0.2) is 18.2 Å². The van der Waals surface area contributed by atoms with Gasteiger partial charge >= 0.3 is 6.01 Å². The van der Waals surface area contributed by atoms with Gasteiger partial charge in [-0.05, 0) is 49.9 Å². The molecule has 13 heteroatoms. The lowest BCUT2D eigenvalue weighted by Gasteiger charge is -2.35. The molecule has 4 saturated heterocycles. The lowest BCUT2D eigenvalue weighted by molar-refractivity contribution is 0.107. The van der Waals surface area contributed by atoms with Crippen LogP contribution in [0.5, 0.6) is 6.01 Å². The molecule has 0 spiro atoms. The zero-order valence-electron chi connectivity index (χ0n) is 23.7. The summed E-state index contributed by atoms with van der Waals surface area (Å²) in [6, 6.07) is 7.66. The van der Waals surface area contributed by atoms with Gasteiger partial charge in [-0.25, -0.2) is 8.78 Å². The summed E-state index contributed by atoms with van der Waals surface area (Å²) in [7, 11) is 0. The minimum Gasteiger partial charge on any atom is -0.461 e. The van der Waals surface area contributed by atoms with E-state index in [2.05, 4.69) is 21.2 Å². The molecule has 228 valence electrons. The fourth-order valence-electron chi connectivity index (χ4n) is 7.84. The molecule has 3 N–H and O–H groups in total. The summed E-state index contributed by atoms with van der Waals surface area (Å²) in [4.78, 5) is 14.2. The second kappa shape index (κ2) is 10.5. The normalized spacial score (nSPS) is 26.5. The van der Waals surface area contributed by atoms with Gasteiger partial charge < -0.3 is 20.7 Å². The Hall–Kier alpha value is -3.01. The van der Waals surface area contributed by atoms with Crippen LogP contribution in [0, 0.1) is 17.1 Å². The highest BCUT2D eigenvalue weighted by molar-refractivity contribution is 7.23. The molecule has 2 bridgehead atoms. The Morgan fingerprint density at radius 1 is 1.20 bits per heavy atom. The Bertz CT molecular complexity index is 1870. The van der Waals surface area contributed by atoms with Crippen molar-refractivity contribution in [1.82, 2.24) is 20.2 Å². The molecule has 4 fully saturated rings. The van der Waals surface area contributed by atoms with Gasteiger partial charge in [0.2, 0.25) is 0 Å². The average molecular weight is 657 g/mol. The van der Waals surface area contributed by atoms with E-state index in [4.69, 9.17) is 43.6 Å². The van der Waals surface area contributed by atoms with Gasteiger partial charge in [0.25, 0.3) is 0 Å². The molecular weight excluding hydrogens is 627 g/mol. The van der Waals surface area contributed by atoms with Crippen LogP contribution in [0.25, 0.3) is 32.1 Å². The molecule has 0 amide bonds. The molecule has 8 rings (SSSR count). The largest absolute Gasteiger partial charge is 0.461 e. The number of benzene rings is 2. The van der Waals surface area contributed by atoms with Crippen LogP contribution in [0.4, 0.5) is 19.6 Å². The second-order valence-corrected chi connectivity index (χ2v) is 14.3.